The Labute approximate surface area is 135 Å². The van der Waals surface area contributed by atoms with Gasteiger partial charge in [0.05, 0.1) is 5.69 Å². The predicted molar refractivity (Wildman–Crippen MR) is 91.0 cm³/mol. The second-order valence-corrected chi connectivity index (χ2v) is 5.69. The third-order valence-corrected chi connectivity index (χ3v) is 4.14. The van der Waals surface area contributed by atoms with Gasteiger partial charge in [-0.3, -0.25) is 9.78 Å². The Bertz CT molecular complexity index is 844. The summed E-state index contributed by atoms with van der Waals surface area (Å²) >= 11 is 2.03. The first-order chi connectivity index (χ1) is 10.2. The van der Waals surface area contributed by atoms with Crippen LogP contribution in [0.1, 0.15) is 5.56 Å². The average molecular weight is 389 g/mol. The molecule has 0 aliphatic rings. The summed E-state index contributed by atoms with van der Waals surface area (Å²) in [4.78, 5) is 23.9. The van der Waals surface area contributed by atoms with Gasteiger partial charge in [0.2, 0.25) is 0 Å². The van der Waals surface area contributed by atoms with Gasteiger partial charge in [0.25, 0.3) is 5.56 Å². The minimum absolute atomic E-state index is 0.149. The van der Waals surface area contributed by atoms with Crippen LogP contribution in [0.3, 0.4) is 0 Å². The van der Waals surface area contributed by atoms with Crippen LogP contribution < -0.4 is 5.56 Å². The van der Waals surface area contributed by atoms with Crippen LogP contribution in [0.5, 0.6) is 0 Å². The first-order valence-corrected chi connectivity index (χ1v) is 7.52. The number of aromatic nitrogens is 3. The SMILES string of the molecule is Cc1cccnc1-c1nc(-c2ccccc2)c(I)c(=O)[nH]1. The topological polar surface area (TPSA) is 58.6 Å². The van der Waals surface area contributed by atoms with E-state index in [-0.39, 0.29) is 5.56 Å². The number of nitrogens with one attached hydrogen (secondary N) is 1. The van der Waals surface area contributed by atoms with Crippen LogP contribution in [0, 0.1) is 10.5 Å². The highest BCUT2D eigenvalue weighted by molar-refractivity contribution is 14.1. The van der Waals surface area contributed by atoms with Crippen molar-refractivity contribution in [3.63, 3.8) is 0 Å². The van der Waals surface area contributed by atoms with Crippen LogP contribution in [0.25, 0.3) is 22.8 Å². The van der Waals surface area contributed by atoms with E-state index in [4.69, 9.17) is 0 Å². The molecule has 3 aromatic rings. The predicted octanol–water partition coefficient (Wildman–Crippen LogP) is 3.41. The van der Waals surface area contributed by atoms with E-state index in [0.29, 0.717) is 20.8 Å². The molecule has 0 radical (unpaired) electrons. The van der Waals surface area contributed by atoms with E-state index < -0.39 is 0 Å². The summed E-state index contributed by atoms with van der Waals surface area (Å²) in [7, 11) is 0. The molecule has 104 valence electrons. The Kier molecular flexibility index (Phi) is 3.83. The third-order valence-electron chi connectivity index (χ3n) is 3.14. The fourth-order valence-electron chi connectivity index (χ4n) is 2.09. The van der Waals surface area contributed by atoms with Crippen LogP contribution >= 0.6 is 22.6 Å². The summed E-state index contributed by atoms with van der Waals surface area (Å²) in [6.45, 7) is 1.95. The minimum Gasteiger partial charge on any atom is -0.304 e. The molecule has 5 heteroatoms. The molecule has 0 amide bonds. The molecule has 0 spiro atoms. The van der Waals surface area contributed by atoms with Crippen molar-refractivity contribution in [2.45, 2.75) is 6.92 Å². The van der Waals surface area contributed by atoms with Gasteiger partial charge in [-0.15, -0.1) is 0 Å². The molecule has 0 saturated carbocycles. The highest BCUT2D eigenvalue weighted by Crippen LogP contribution is 2.23. The smallest absolute Gasteiger partial charge is 0.265 e. The lowest BCUT2D eigenvalue weighted by molar-refractivity contribution is 1.08. The van der Waals surface area contributed by atoms with E-state index in [1.807, 2.05) is 72.0 Å². The van der Waals surface area contributed by atoms with Crippen molar-refractivity contribution >= 4 is 22.6 Å². The fourth-order valence-corrected chi connectivity index (χ4v) is 2.66. The number of nitrogens with zero attached hydrogens (tertiary/aromatic N) is 2. The highest BCUT2D eigenvalue weighted by Gasteiger charge is 2.13. The van der Waals surface area contributed by atoms with Crippen molar-refractivity contribution < 1.29 is 0 Å². The number of pyridine rings is 1. The molecule has 0 aliphatic carbocycles. The Morgan fingerprint density at radius 1 is 1.05 bits per heavy atom. The first-order valence-electron chi connectivity index (χ1n) is 6.44. The molecule has 1 aromatic carbocycles. The monoisotopic (exact) mass is 389 g/mol. The number of halogens is 1. The van der Waals surface area contributed by atoms with Gasteiger partial charge in [-0.1, -0.05) is 36.4 Å². The maximum atomic E-state index is 12.2. The van der Waals surface area contributed by atoms with Crippen molar-refractivity contribution in [3.05, 3.63) is 68.1 Å². The van der Waals surface area contributed by atoms with Gasteiger partial charge in [-0.25, -0.2) is 4.98 Å². The summed E-state index contributed by atoms with van der Waals surface area (Å²) in [6.07, 6.45) is 1.70. The molecule has 2 aromatic heterocycles. The molecule has 0 fully saturated rings. The standard InChI is InChI=1S/C16H12IN3O/c1-10-6-5-9-18-13(10)15-19-14(12(17)16(21)20-15)11-7-3-2-4-8-11/h2-9H,1H3,(H,19,20,21). The van der Waals surface area contributed by atoms with Crippen LogP contribution in [0.4, 0.5) is 0 Å². The summed E-state index contributed by atoms with van der Waals surface area (Å²) in [5.41, 5.74) is 3.12. The summed E-state index contributed by atoms with van der Waals surface area (Å²) in [5.74, 6) is 0.498. The molecule has 1 N–H and O–H groups in total. The number of hydrogen-bond donors (Lipinski definition) is 1. The van der Waals surface area contributed by atoms with Gasteiger partial charge < -0.3 is 4.98 Å². The molecular formula is C16H12IN3O. The zero-order chi connectivity index (χ0) is 14.8. The van der Waals surface area contributed by atoms with Crippen LogP contribution in [0.2, 0.25) is 0 Å². The van der Waals surface area contributed by atoms with Gasteiger partial charge in [-0.2, -0.15) is 0 Å². The number of benzene rings is 1. The van der Waals surface area contributed by atoms with E-state index >= 15 is 0 Å². The third kappa shape index (κ3) is 2.73. The molecule has 0 atom stereocenters. The zero-order valence-corrected chi connectivity index (χ0v) is 13.5. The lowest BCUT2D eigenvalue weighted by Crippen LogP contribution is -2.15. The van der Waals surface area contributed by atoms with Gasteiger partial charge in [0.15, 0.2) is 5.82 Å². The average Bonchev–Trinajstić information content (AvgIpc) is 2.51. The number of aromatic amines is 1. The summed E-state index contributed by atoms with van der Waals surface area (Å²) in [6, 6.07) is 13.5. The van der Waals surface area contributed by atoms with E-state index in [0.717, 1.165) is 11.1 Å². The molecule has 21 heavy (non-hydrogen) atoms. The lowest BCUT2D eigenvalue weighted by Gasteiger charge is -2.08. The molecule has 3 rings (SSSR count). The van der Waals surface area contributed by atoms with Gasteiger partial charge in [0.1, 0.15) is 9.26 Å². The lowest BCUT2D eigenvalue weighted by atomic mass is 10.1. The van der Waals surface area contributed by atoms with Crippen LogP contribution in [-0.4, -0.2) is 15.0 Å². The van der Waals surface area contributed by atoms with Crippen LogP contribution in [0.15, 0.2) is 53.5 Å². The second kappa shape index (κ2) is 5.77. The Morgan fingerprint density at radius 3 is 2.52 bits per heavy atom. The number of rotatable bonds is 2. The summed E-state index contributed by atoms with van der Waals surface area (Å²) < 4.78 is 0.580. The normalized spacial score (nSPS) is 10.6. The largest absolute Gasteiger partial charge is 0.304 e. The van der Waals surface area contributed by atoms with Crippen LogP contribution in [-0.2, 0) is 0 Å². The minimum atomic E-state index is -0.149. The van der Waals surface area contributed by atoms with Crippen molar-refractivity contribution in [1.82, 2.24) is 15.0 Å². The van der Waals surface area contributed by atoms with E-state index in [9.17, 15) is 4.79 Å². The molecule has 2 heterocycles. The van der Waals surface area contributed by atoms with Crippen molar-refractivity contribution in [2.75, 3.05) is 0 Å². The number of aryl methyl sites for hydroxylation is 1. The second-order valence-electron chi connectivity index (χ2n) is 4.61. The molecule has 0 aliphatic heterocycles. The van der Waals surface area contributed by atoms with E-state index in [1.54, 1.807) is 6.20 Å². The van der Waals surface area contributed by atoms with Gasteiger partial charge in [0, 0.05) is 11.8 Å². The van der Waals surface area contributed by atoms with Crippen molar-refractivity contribution in [2.24, 2.45) is 0 Å². The fraction of sp³-hybridized carbons (Fsp3) is 0.0625. The van der Waals surface area contributed by atoms with Gasteiger partial charge in [-0.05, 0) is 41.1 Å². The quantitative estimate of drug-likeness (QED) is 0.684. The Balaban J connectivity index is 2.24. The van der Waals surface area contributed by atoms with Crippen molar-refractivity contribution in [1.29, 1.82) is 0 Å². The highest BCUT2D eigenvalue weighted by atomic mass is 127. The van der Waals surface area contributed by atoms with Gasteiger partial charge >= 0.3 is 0 Å². The Hall–Kier alpha value is -2.02. The number of H-pyrrole nitrogens is 1. The molecule has 0 unspecified atom stereocenters. The molecular weight excluding hydrogens is 377 g/mol. The zero-order valence-electron chi connectivity index (χ0n) is 11.3. The molecule has 0 bridgehead atoms. The number of hydrogen-bond acceptors (Lipinski definition) is 3. The Morgan fingerprint density at radius 2 is 1.81 bits per heavy atom. The first kappa shape index (κ1) is 13.9. The van der Waals surface area contributed by atoms with Crippen molar-refractivity contribution in [3.8, 4) is 22.8 Å². The van der Waals surface area contributed by atoms with E-state index in [2.05, 4.69) is 15.0 Å². The molecule has 4 nitrogen and oxygen atoms in total. The molecule has 0 saturated heterocycles. The summed E-state index contributed by atoms with van der Waals surface area (Å²) in [5, 5.41) is 0. The van der Waals surface area contributed by atoms with E-state index in [1.165, 1.54) is 0 Å². The maximum Gasteiger partial charge on any atom is 0.265 e. The maximum absolute atomic E-state index is 12.2.